The van der Waals surface area contributed by atoms with Gasteiger partial charge in [-0.3, -0.25) is 4.68 Å². The molecule has 4 nitrogen and oxygen atoms in total. The molecular formula is C11H19N3O. The average molecular weight is 209 g/mol. The van der Waals surface area contributed by atoms with Gasteiger partial charge in [0.1, 0.15) is 0 Å². The van der Waals surface area contributed by atoms with E-state index in [-0.39, 0.29) is 0 Å². The number of aromatic nitrogens is 2. The molecule has 0 atom stereocenters. The SMILES string of the molecule is CCNCc1cnn(C2CCOCC2)c1. The lowest BCUT2D eigenvalue weighted by Gasteiger charge is -2.22. The molecule has 0 spiro atoms. The lowest BCUT2D eigenvalue weighted by Crippen LogP contribution is -2.19. The summed E-state index contributed by atoms with van der Waals surface area (Å²) in [5.74, 6) is 0. The molecule has 1 fully saturated rings. The Kier molecular flexibility index (Phi) is 3.75. The zero-order valence-corrected chi connectivity index (χ0v) is 9.28. The van der Waals surface area contributed by atoms with Gasteiger partial charge in [0.2, 0.25) is 0 Å². The van der Waals surface area contributed by atoms with Crippen LogP contribution in [0.2, 0.25) is 0 Å². The Morgan fingerprint density at radius 3 is 3.07 bits per heavy atom. The van der Waals surface area contributed by atoms with Crippen molar-refractivity contribution < 1.29 is 4.74 Å². The fourth-order valence-corrected chi connectivity index (χ4v) is 1.89. The lowest BCUT2D eigenvalue weighted by molar-refractivity contribution is 0.0662. The number of hydrogen-bond acceptors (Lipinski definition) is 3. The lowest BCUT2D eigenvalue weighted by atomic mass is 10.1. The van der Waals surface area contributed by atoms with Gasteiger partial charge < -0.3 is 10.1 Å². The first kappa shape index (κ1) is 10.6. The molecule has 4 heteroatoms. The number of ether oxygens (including phenoxy) is 1. The third kappa shape index (κ3) is 2.79. The van der Waals surface area contributed by atoms with Crippen LogP contribution in [0.3, 0.4) is 0 Å². The van der Waals surface area contributed by atoms with Crippen LogP contribution in [0.5, 0.6) is 0 Å². The Morgan fingerprint density at radius 2 is 2.33 bits per heavy atom. The van der Waals surface area contributed by atoms with E-state index in [1.54, 1.807) is 0 Å². The van der Waals surface area contributed by atoms with E-state index >= 15 is 0 Å². The van der Waals surface area contributed by atoms with E-state index in [2.05, 4.69) is 28.2 Å². The second kappa shape index (κ2) is 5.28. The summed E-state index contributed by atoms with van der Waals surface area (Å²) in [4.78, 5) is 0. The fraction of sp³-hybridized carbons (Fsp3) is 0.727. The minimum atomic E-state index is 0.536. The van der Waals surface area contributed by atoms with E-state index in [1.165, 1.54) is 5.56 Å². The molecule has 0 saturated carbocycles. The minimum Gasteiger partial charge on any atom is -0.381 e. The molecule has 2 heterocycles. The molecule has 0 aromatic carbocycles. The van der Waals surface area contributed by atoms with Gasteiger partial charge in [-0.2, -0.15) is 5.10 Å². The van der Waals surface area contributed by atoms with Crippen molar-refractivity contribution in [3.63, 3.8) is 0 Å². The van der Waals surface area contributed by atoms with E-state index in [9.17, 15) is 0 Å². The van der Waals surface area contributed by atoms with E-state index in [0.717, 1.165) is 39.1 Å². The highest BCUT2D eigenvalue weighted by atomic mass is 16.5. The number of hydrogen-bond donors (Lipinski definition) is 1. The fourth-order valence-electron chi connectivity index (χ4n) is 1.89. The van der Waals surface area contributed by atoms with Crippen molar-refractivity contribution in [1.29, 1.82) is 0 Å². The van der Waals surface area contributed by atoms with Crippen molar-refractivity contribution in [1.82, 2.24) is 15.1 Å². The van der Waals surface area contributed by atoms with Crippen LogP contribution in [0.4, 0.5) is 0 Å². The van der Waals surface area contributed by atoms with Crippen LogP contribution >= 0.6 is 0 Å². The van der Waals surface area contributed by atoms with Crippen LogP contribution in [0.15, 0.2) is 12.4 Å². The summed E-state index contributed by atoms with van der Waals surface area (Å²) in [5.41, 5.74) is 1.27. The summed E-state index contributed by atoms with van der Waals surface area (Å²) in [6.07, 6.45) is 6.28. The quantitative estimate of drug-likeness (QED) is 0.813. The van der Waals surface area contributed by atoms with Gasteiger partial charge in [-0.15, -0.1) is 0 Å². The first-order valence-electron chi connectivity index (χ1n) is 5.71. The van der Waals surface area contributed by atoms with E-state index in [1.807, 2.05) is 6.20 Å². The topological polar surface area (TPSA) is 39.1 Å². The third-order valence-electron chi connectivity index (χ3n) is 2.80. The third-order valence-corrected chi connectivity index (χ3v) is 2.80. The molecule has 0 radical (unpaired) electrons. The Balaban J connectivity index is 1.93. The molecular weight excluding hydrogens is 190 g/mol. The monoisotopic (exact) mass is 209 g/mol. The summed E-state index contributed by atoms with van der Waals surface area (Å²) >= 11 is 0. The van der Waals surface area contributed by atoms with Gasteiger partial charge in [-0.25, -0.2) is 0 Å². The summed E-state index contributed by atoms with van der Waals surface area (Å²) in [7, 11) is 0. The second-order valence-corrected chi connectivity index (χ2v) is 3.95. The van der Waals surface area contributed by atoms with Crippen LogP contribution in [0.1, 0.15) is 31.4 Å². The maximum atomic E-state index is 5.34. The Morgan fingerprint density at radius 1 is 1.53 bits per heavy atom. The largest absolute Gasteiger partial charge is 0.381 e. The van der Waals surface area contributed by atoms with Gasteiger partial charge in [0, 0.05) is 31.5 Å². The highest BCUT2D eigenvalue weighted by molar-refractivity contribution is 5.04. The standard InChI is InChI=1S/C11H19N3O/c1-2-12-7-10-8-13-14(9-10)11-3-5-15-6-4-11/h8-9,11-12H,2-7H2,1H3. The summed E-state index contributed by atoms with van der Waals surface area (Å²) in [6.45, 7) is 5.77. The number of rotatable bonds is 4. The molecule has 1 N–H and O–H groups in total. The van der Waals surface area contributed by atoms with Gasteiger partial charge >= 0.3 is 0 Å². The molecule has 0 bridgehead atoms. The Labute approximate surface area is 90.6 Å². The first-order chi connectivity index (χ1) is 7.40. The van der Waals surface area contributed by atoms with Crippen LogP contribution in [-0.2, 0) is 11.3 Å². The molecule has 1 aliphatic rings. The van der Waals surface area contributed by atoms with Crippen molar-refractivity contribution in [2.24, 2.45) is 0 Å². The molecule has 0 unspecified atom stereocenters. The molecule has 0 amide bonds. The van der Waals surface area contributed by atoms with Crippen molar-refractivity contribution in [3.8, 4) is 0 Å². The minimum absolute atomic E-state index is 0.536. The highest BCUT2D eigenvalue weighted by Crippen LogP contribution is 2.19. The number of nitrogens with one attached hydrogen (secondary N) is 1. The van der Waals surface area contributed by atoms with Crippen LogP contribution in [-0.4, -0.2) is 29.5 Å². The van der Waals surface area contributed by atoms with E-state index in [4.69, 9.17) is 4.74 Å². The van der Waals surface area contributed by atoms with Crippen molar-refractivity contribution in [2.75, 3.05) is 19.8 Å². The predicted molar refractivity (Wildman–Crippen MR) is 58.7 cm³/mol. The Bertz CT molecular complexity index is 292. The van der Waals surface area contributed by atoms with Crippen LogP contribution in [0, 0.1) is 0 Å². The summed E-state index contributed by atoms with van der Waals surface area (Å²) in [6, 6.07) is 0.536. The van der Waals surface area contributed by atoms with Gasteiger partial charge in [-0.05, 0) is 19.4 Å². The predicted octanol–water partition coefficient (Wildman–Crippen LogP) is 1.34. The second-order valence-electron chi connectivity index (χ2n) is 3.95. The molecule has 1 aromatic rings. The van der Waals surface area contributed by atoms with Crippen LogP contribution < -0.4 is 5.32 Å². The van der Waals surface area contributed by atoms with E-state index < -0.39 is 0 Å². The van der Waals surface area contributed by atoms with Gasteiger partial charge in [0.15, 0.2) is 0 Å². The molecule has 1 saturated heterocycles. The smallest absolute Gasteiger partial charge is 0.0563 e. The zero-order chi connectivity index (χ0) is 10.5. The highest BCUT2D eigenvalue weighted by Gasteiger charge is 2.16. The van der Waals surface area contributed by atoms with Crippen molar-refractivity contribution in [2.45, 2.75) is 32.4 Å². The van der Waals surface area contributed by atoms with Crippen molar-refractivity contribution in [3.05, 3.63) is 18.0 Å². The maximum Gasteiger partial charge on any atom is 0.0563 e. The Hall–Kier alpha value is -0.870. The normalized spacial score (nSPS) is 18.2. The summed E-state index contributed by atoms with van der Waals surface area (Å²) in [5, 5.41) is 7.72. The molecule has 2 rings (SSSR count). The molecule has 1 aliphatic heterocycles. The average Bonchev–Trinajstić information content (AvgIpc) is 2.76. The summed E-state index contributed by atoms with van der Waals surface area (Å²) < 4.78 is 7.43. The molecule has 84 valence electrons. The van der Waals surface area contributed by atoms with Gasteiger partial charge in [-0.1, -0.05) is 6.92 Å². The van der Waals surface area contributed by atoms with E-state index in [0.29, 0.717) is 6.04 Å². The molecule has 1 aromatic heterocycles. The number of nitrogens with zero attached hydrogens (tertiary/aromatic N) is 2. The molecule has 15 heavy (non-hydrogen) atoms. The van der Waals surface area contributed by atoms with Crippen LogP contribution in [0.25, 0.3) is 0 Å². The maximum absolute atomic E-state index is 5.34. The first-order valence-corrected chi connectivity index (χ1v) is 5.71. The van der Waals surface area contributed by atoms with Gasteiger partial charge in [0.05, 0.1) is 12.2 Å². The van der Waals surface area contributed by atoms with Crippen molar-refractivity contribution >= 4 is 0 Å². The van der Waals surface area contributed by atoms with Gasteiger partial charge in [0.25, 0.3) is 0 Å². The molecule has 0 aliphatic carbocycles. The zero-order valence-electron chi connectivity index (χ0n) is 9.28.